The minimum Gasteiger partial charge on any atom is -0.292 e. The van der Waals surface area contributed by atoms with E-state index in [9.17, 15) is 13.2 Å². The first-order valence-electron chi connectivity index (χ1n) is 5.44. The van der Waals surface area contributed by atoms with Crippen molar-refractivity contribution in [2.24, 2.45) is 0 Å². The fraction of sp³-hybridized carbons (Fsp3) is 0.545. The number of pyridine rings is 1. The molecule has 0 fully saturated rings. The van der Waals surface area contributed by atoms with Gasteiger partial charge in [-0.3, -0.25) is 9.82 Å². The van der Waals surface area contributed by atoms with Gasteiger partial charge in [-0.1, -0.05) is 6.07 Å². The monoisotopic (exact) mass is 246 g/mol. The Balaban J connectivity index is 1.95. The molecule has 0 aromatic carbocycles. The predicted molar refractivity (Wildman–Crippen MR) is 55.1 cm³/mol. The second-order valence-electron chi connectivity index (χ2n) is 4.01. The lowest BCUT2D eigenvalue weighted by molar-refractivity contribution is -0.193. The van der Waals surface area contributed by atoms with E-state index in [1.165, 1.54) is 0 Å². The predicted octanol–water partition coefficient (Wildman–Crippen LogP) is 2.54. The van der Waals surface area contributed by atoms with Gasteiger partial charge >= 0.3 is 6.18 Å². The zero-order valence-corrected chi connectivity index (χ0v) is 9.13. The Kier molecular flexibility index (Phi) is 3.63. The topological polar surface area (TPSA) is 34.1 Å². The Morgan fingerprint density at radius 3 is 3.06 bits per heavy atom. The molecule has 1 N–H and O–H groups in total. The Labute approximate surface area is 96.9 Å². The molecule has 1 aromatic rings. The summed E-state index contributed by atoms with van der Waals surface area (Å²) < 4.78 is 35.8. The van der Waals surface area contributed by atoms with Crippen molar-refractivity contribution in [1.29, 1.82) is 0 Å². The lowest BCUT2D eigenvalue weighted by Gasteiger charge is -2.24. The van der Waals surface area contributed by atoms with Gasteiger partial charge in [-0.2, -0.15) is 18.7 Å². The van der Waals surface area contributed by atoms with E-state index in [1.807, 2.05) is 12.1 Å². The molecule has 1 aliphatic rings. The molecule has 2 rings (SSSR count). The zero-order valence-electron chi connectivity index (χ0n) is 9.13. The number of alkyl halides is 3. The minimum absolute atomic E-state index is 0.248. The molecular weight excluding hydrogens is 233 g/mol. The van der Waals surface area contributed by atoms with Crippen molar-refractivity contribution in [3.05, 3.63) is 29.6 Å². The van der Waals surface area contributed by atoms with Crippen LogP contribution in [-0.4, -0.2) is 17.8 Å². The fourth-order valence-electron chi connectivity index (χ4n) is 1.95. The number of halogens is 3. The van der Waals surface area contributed by atoms with Crippen LogP contribution in [0.4, 0.5) is 13.2 Å². The number of fused-ring (bicyclic) bond motifs is 1. The molecule has 0 amide bonds. The van der Waals surface area contributed by atoms with Crippen molar-refractivity contribution in [2.45, 2.75) is 31.5 Å². The van der Waals surface area contributed by atoms with Gasteiger partial charge in [0.25, 0.3) is 0 Å². The number of aryl methyl sites for hydroxylation is 1. The summed E-state index contributed by atoms with van der Waals surface area (Å²) in [5, 5.41) is 0. The van der Waals surface area contributed by atoms with Crippen molar-refractivity contribution in [3.8, 4) is 0 Å². The summed E-state index contributed by atoms with van der Waals surface area (Å²) >= 11 is 0. The summed E-state index contributed by atoms with van der Waals surface area (Å²) in [5.41, 5.74) is 4.32. The van der Waals surface area contributed by atoms with E-state index in [0.29, 0.717) is 0 Å². The van der Waals surface area contributed by atoms with Crippen LogP contribution in [-0.2, 0) is 11.3 Å². The van der Waals surface area contributed by atoms with Crippen molar-refractivity contribution < 1.29 is 18.0 Å². The number of rotatable bonds is 3. The largest absolute Gasteiger partial charge is 0.413 e. The molecule has 1 aliphatic carbocycles. The number of hydrogen-bond acceptors (Lipinski definition) is 3. The number of nitrogens with one attached hydrogen (secondary N) is 1. The summed E-state index contributed by atoms with van der Waals surface area (Å²) in [6.45, 7) is -1.29. The second kappa shape index (κ2) is 5.01. The first-order chi connectivity index (χ1) is 8.06. The van der Waals surface area contributed by atoms with Gasteiger partial charge in [-0.05, 0) is 30.9 Å². The third-order valence-electron chi connectivity index (χ3n) is 2.66. The molecule has 0 spiro atoms. The molecule has 0 bridgehead atoms. The maximum Gasteiger partial charge on any atom is 0.413 e. The summed E-state index contributed by atoms with van der Waals surface area (Å²) in [6.07, 6.45) is -0.0918. The minimum atomic E-state index is -4.31. The molecule has 0 saturated carbocycles. The average Bonchev–Trinajstić information content (AvgIpc) is 2.28. The van der Waals surface area contributed by atoms with Gasteiger partial charge < -0.3 is 0 Å². The Morgan fingerprint density at radius 2 is 2.29 bits per heavy atom. The quantitative estimate of drug-likeness (QED) is 0.832. The van der Waals surface area contributed by atoms with Crippen molar-refractivity contribution in [2.75, 3.05) is 6.61 Å². The molecular formula is C11H13F3N2O. The van der Waals surface area contributed by atoms with E-state index >= 15 is 0 Å². The maximum absolute atomic E-state index is 11.9. The van der Waals surface area contributed by atoms with Crippen LogP contribution in [0.2, 0.25) is 0 Å². The lowest BCUT2D eigenvalue weighted by Crippen LogP contribution is -2.30. The van der Waals surface area contributed by atoms with Crippen LogP contribution in [0.1, 0.15) is 30.1 Å². The standard InChI is InChI=1S/C11H13F3N2O/c12-11(13,14)7-17-16-9-5-1-3-8-4-2-6-15-10(8)9/h2,4,6,9,16H,1,3,5,7H2. The van der Waals surface area contributed by atoms with Crippen LogP contribution in [0.25, 0.3) is 0 Å². The van der Waals surface area contributed by atoms with Crippen LogP contribution < -0.4 is 5.48 Å². The van der Waals surface area contributed by atoms with E-state index in [4.69, 9.17) is 0 Å². The van der Waals surface area contributed by atoms with Crippen LogP contribution in [0, 0.1) is 0 Å². The highest BCUT2D eigenvalue weighted by Crippen LogP contribution is 2.27. The summed E-state index contributed by atoms with van der Waals surface area (Å²) in [6, 6.07) is 3.53. The SMILES string of the molecule is FC(F)(F)CONC1CCCc2cccnc21. The van der Waals surface area contributed by atoms with Gasteiger partial charge in [0.2, 0.25) is 0 Å². The molecule has 1 aromatic heterocycles. The van der Waals surface area contributed by atoms with Crippen LogP contribution in [0.3, 0.4) is 0 Å². The van der Waals surface area contributed by atoms with E-state index in [-0.39, 0.29) is 6.04 Å². The number of hydrogen-bond donors (Lipinski definition) is 1. The number of aromatic nitrogens is 1. The van der Waals surface area contributed by atoms with Gasteiger partial charge in [0.1, 0.15) is 0 Å². The number of hydroxylamine groups is 1. The third-order valence-corrected chi connectivity index (χ3v) is 2.66. The van der Waals surface area contributed by atoms with Gasteiger partial charge in [-0.15, -0.1) is 0 Å². The van der Waals surface area contributed by atoms with Crippen molar-refractivity contribution in [3.63, 3.8) is 0 Å². The molecule has 3 nitrogen and oxygen atoms in total. The number of nitrogens with zero attached hydrogens (tertiary/aromatic N) is 1. The van der Waals surface area contributed by atoms with Crippen LogP contribution in [0.5, 0.6) is 0 Å². The normalized spacial score (nSPS) is 20.1. The molecule has 94 valence electrons. The highest BCUT2D eigenvalue weighted by Gasteiger charge is 2.29. The van der Waals surface area contributed by atoms with Crippen molar-refractivity contribution >= 4 is 0 Å². The molecule has 6 heteroatoms. The van der Waals surface area contributed by atoms with E-state index in [0.717, 1.165) is 30.5 Å². The Morgan fingerprint density at radius 1 is 1.47 bits per heavy atom. The molecule has 1 atom stereocenters. The van der Waals surface area contributed by atoms with Crippen molar-refractivity contribution in [1.82, 2.24) is 10.5 Å². The fourth-order valence-corrected chi connectivity index (χ4v) is 1.95. The molecule has 0 saturated heterocycles. The molecule has 1 heterocycles. The van der Waals surface area contributed by atoms with E-state index < -0.39 is 12.8 Å². The van der Waals surface area contributed by atoms with E-state index in [2.05, 4.69) is 15.3 Å². The summed E-state index contributed by atoms with van der Waals surface area (Å²) in [5.74, 6) is 0. The summed E-state index contributed by atoms with van der Waals surface area (Å²) in [4.78, 5) is 8.67. The molecule has 17 heavy (non-hydrogen) atoms. The second-order valence-corrected chi connectivity index (χ2v) is 4.01. The van der Waals surface area contributed by atoms with Gasteiger partial charge in [0, 0.05) is 6.20 Å². The third kappa shape index (κ3) is 3.41. The zero-order chi connectivity index (χ0) is 12.3. The Bertz CT molecular complexity index is 381. The Hall–Kier alpha value is -1.14. The highest BCUT2D eigenvalue weighted by atomic mass is 19.4. The van der Waals surface area contributed by atoms with Crippen LogP contribution in [0.15, 0.2) is 18.3 Å². The molecule has 0 radical (unpaired) electrons. The van der Waals surface area contributed by atoms with E-state index in [1.54, 1.807) is 6.20 Å². The first kappa shape index (κ1) is 12.3. The molecule has 0 aliphatic heterocycles. The average molecular weight is 246 g/mol. The highest BCUT2D eigenvalue weighted by molar-refractivity contribution is 5.25. The lowest BCUT2D eigenvalue weighted by atomic mass is 9.92. The van der Waals surface area contributed by atoms with Gasteiger partial charge in [-0.25, -0.2) is 0 Å². The molecule has 1 unspecified atom stereocenters. The first-order valence-corrected chi connectivity index (χ1v) is 5.44. The van der Waals surface area contributed by atoms with Crippen LogP contribution >= 0.6 is 0 Å². The smallest absolute Gasteiger partial charge is 0.292 e. The summed E-state index contributed by atoms with van der Waals surface area (Å²) in [7, 11) is 0. The van der Waals surface area contributed by atoms with Gasteiger partial charge in [0.05, 0.1) is 11.7 Å². The maximum atomic E-state index is 11.9. The van der Waals surface area contributed by atoms with Gasteiger partial charge in [0.15, 0.2) is 6.61 Å².